The molecular formula is C19H28ClNO. The summed E-state index contributed by atoms with van der Waals surface area (Å²) in [5.41, 5.74) is 1.49. The van der Waals surface area contributed by atoms with Gasteiger partial charge in [-0.05, 0) is 48.3 Å². The third-order valence-electron chi connectivity index (χ3n) is 5.11. The normalized spacial score (nSPS) is 22.4. The van der Waals surface area contributed by atoms with Crippen molar-refractivity contribution in [1.29, 1.82) is 0 Å². The molecule has 0 bridgehead atoms. The highest BCUT2D eigenvalue weighted by molar-refractivity contribution is 6.30. The molecule has 3 heteroatoms. The Labute approximate surface area is 139 Å². The number of likely N-dealkylation sites (tertiary alicyclic amines) is 1. The zero-order chi connectivity index (χ0) is 16.3. The first-order valence-electron chi connectivity index (χ1n) is 8.37. The molecule has 0 radical (unpaired) electrons. The van der Waals surface area contributed by atoms with E-state index in [1.54, 1.807) is 0 Å². The summed E-state index contributed by atoms with van der Waals surface area (Å²) < 4.78 is 0. The van der Waals surface area contributed by atoms with Gasteiger partial charge in [-0.2, -0.15) is 0 Å². The number of hydrogen-bond donors (Lipinski definition) is 0. The largest absolute Gasteiger partial charge is 0.342 e. The summed E-state index contributed by atoms with van der Waals surface area (Å²) in [5.74, 6) is 0.922. The average molecular weight is 322 g/mol. The number of nitrogens with zero attached hydrogens (tertiary/aromatic N) is 1. The van der Waals surface area contributed by atoms with Crippen LogP contribution in [0, 0.1) is 17.3 Å². The van der Waals surface area contributed by atoms with Crippen molar-refractivity contribution in [1.82, 2.24) is 4.90 Å². The Balaban J connectivity index is 2.20. The first-order chi connectivity index (χ1) is 10.3. The van der Waals surface area contributed by atoms with Crippen LogP contribution in [0.25, 0.3) is 0 Å². The van der Waals surface area contributed by atoms with Crippen molar-refractivity contribution in [2.45, 2.75) is 47.0 Å². The number of carbonyl (C=O) groups is 1. The van der Waals surface area contributed by atoms with Crippen molar-refractivity contribution in [2.24, 2.45) is 17.3 Å². The van der Waals surface area contributed by atoms with Crippen LogP contribution in [0.2, 0.25) is 5.02 Å². The molecule has 1 amide bonds. The predicted octanol–water partition coefficient (Wildman–Crippen LogP) is 4.80. The lowest BCUT2D eigenvalue weighted by atomic mass is 9.67. The van der Waals surface area contributed by atoms with E-state index in [-0.39, 0.29) is 11.3 Å². The van der Waals surface area contributed by atoms with Crippen molar-refractivity contribution in [3.05, 3.63) is 34.9 Å². The van der Waals surface area contributed by atoms with Crippen LogP contribution >= 0.6 is 11.6 Å². The second-order valence-electron chi connectivity index (χ2n) is 7.34. The summed E-state index contributed by atoms with van der Waals surface area (Å²) in [7, 11) is 0. The molecule has 0 saturated carbocycles. The van der Waals surface area contributed by atoms with Crippen LogP contribution < -0.4 is 0 Å². The number of piperidine rings is 1. The van der Waals surface area contributed by atoms with Crippen molar-refractivity contribution < 1.29 is 4.79 Å². The predicted molar refractivity (Wildman–Crippen MR) is 93.1 cm³/mol. The summed E-state index contributed by atoms with van der Waals surface area (Å²) >= 11 is 6.00. The lowest BCUT2D eigenvalue weighted by Gasteiger charge is -2.46. The lowest BCUT2D eigenvalue weighted by Crippen LogP contribution is -2.50. The van der Waals surface area contributed by atoms with Gasteiger partial charge < -0.3 is 4.90 Å². The number of amides is 1. The summed E-state index contributed by atoms with van der Waals surface area (Å²) in [4.78, 5) is 14.5. The fourth-order valence-corrected chi connectivity index (χ4v) is 3.67. The van der Waals surface area contributed by atoms with Gasteiger partial charge in [0.2, 0.25) is 5.91 Å². The zero-order valence-corrected chi connectivity index (χ0v) is 15.0. The molecule has 0 unspecified atom stereocenters. The molecule has 0 aromatic heterocycles. The van der Waals surface area contributed by atoms with Crippen molar-refractivity contribution >= 4 is 17.5 Å². The maximum Gasteiger partial charge on any atom is 0.225 e. The maximum absolute atomic E-state index is 12.4. The third-order valence-corrected chi connectivity index (χ3v) is 5.36. The van der Waals surface area contributed by atoms with Crippen LogP contribution in [0.3, 0.4) is 0 Å². The van der Waals surface area contributed by atoms with E-state index in [9.17, 15) is 4.79 Å². The minimum atomic E-state index is 0.0819. The van der Waals surface area contributed by atoms with E-state index in [2.05, 4.69) is 30.9 Å². The molecule has 1 heterocycles. The minimum absolute atomic E-state index is 0.0819. The van der Waals surface area contributed by atoms with Gasteiger partial charge in [0.05, 0.1) is 0 Å². The highest BCUT2D eigenvalue weighted by atomic mass is 35.5. The SMILES string of the molecule is CC(C)C(=O)N1CCC[C@@](Cc2ccc(Cl)cc2)(C(C)C)C1. The molecule has 1 aromatic rings. The topological polar surface area (TPSA) is 20.3 Å². The van der Waals surface area contributed by atoms with Crippen molar-refractivity contribution in [3.63, 3.8) is 0 Å². The molecule has 1 atom stereocenters. The first kappa shape index (κ1) is 17.3. The second-order valence-corrected chi connectivity index (χ2v) is 7.77. The number of carbonyl (C=O) groups excluding carboxylic acids is 1. The van der Waals surface area contributed by atoms with E-state index >= 15 is 0 Å². The Hall–Kier alpha value is -1.02. The number of hydrogen-bond acceptors (Lipinski definition) is 1. The summed E-state index contributed by atoms with van der Waals surface area (Å²) in [5, 5.41) is 0.780. The second kappa shape index (κ2) is 7.04. The minimum Gasteiger partial charge on any atom is -0.342 e. The molecule has 1 aliphatic heterocycles. The number of rotatable bonds is 4. The fraction of sp³-hybridized carbons (Fsp3) is 0.632. The molecule has 0 N–H and O–H groups in total. The van der Waals surface area contributed by atoms with Crippen LogP contribution in [0.15, 0.2) is 24.3 Å². The van der Waals surface area contributed by atoms with Crippen molar-refractivity contribution in [2.75, 3.05) is 13.1 Å². The lowest BCUT2D eigenvalue weighted by molar-refractivity contribution is -0.139. The van der Waals surface area contributed by atoms with E-state index in [1.807, 2.05) is 26.0 Å². The van der Waals surface area contributed by atoms with Gasteiger partial charge >= 0.3 is 0 Å². The molecule has 122 valence electrons. The molecule has 1 aliphatic rings. The molecule has 0 aliphatic carbocycles. The zero-order valence-electron chi connectivity index (χ0n) is 14.2. The Morgan fingerprint density at radius 3 is 2.41 bits per heavy atom. The van der Waals surface area contributed by atoms with Gasteiger partial charge in [0, 0.05) is 24.0 Å². The van der Waals surface area contributed by atoms with E-state index in [0.717, 1.165) is 31.0 Å². The van der Waals surface area contributed by atoms with E-state index < -0.39 is 0 Å². The first-order valence-corrected chi connectivity index (χ1v) is 8.75. The van der Waals surface area contributed by atoms with Gasteiger partial charge in [0.15, 0.2) is 0 Å². The molecule has 1 aromatic carbocycles. The Kier molecular flexibility index (Phi) is 5.55. The van der Waals surface area contributed by atoms with E-state index in [0.29, 0.717) is 11.8 Å². The molecule has 0 spiro atoms. The fourth-order valence-electron chi connectivity index (χ4n) is 3.54. The van der Waals surface area contributed by atoms with E-state index in [1.165, 1.54) is 12.0 Å². The molecular weight excluding hydrogens is 294 g/mol. The van der Waals surface area contributed by atoms with Gasteiger partial charge in [0.25, 0.3) is 0 Å². The van der Waals surface area contributed by atoms with Gasteiger partial charge in [-0.15, -0.1) is 0 Å². The van der Waals surface area contributed by atoms with Gasteiger partial charge in [-0.3, -0.25) is 4.79 Å². The summed E-state index contributed by atoms with van der Waals surface area (Å²) in [6.07, 6.45) is 3.31. The van der Waals surface area contributed by atoms with Gasteiger partial charge in [-0.25, -0.2) is 0 Å². The third kappa shape index (κ3) is 3.84. The quantitative estimate of drug-likeness (QED) is 0.779. The summed E-state index contributed by atoms with van der Waals surface area (Å²) in [6.45, 7) is 10.4. The molecule has 1 fully saturated rings. The molecule has 2 nitrogen and oxygen atoms in total. The van der Waals surface area contributed by atoms with Crippen LogP contribution in [0.5, 0.6) is 0 Å². The average Bonchev–Trinajstić information content (AvgIpc) is 2.49. The number of benzene rings is 1. The molecule has 22 heavy (non-hydrogen) atoms. The molecule has 2 rings (SSSR count). The molecule has 1 saturated heterocycles. The van der Waals surface area contributed by atoms with Crippen LogP contribution in [0.4, 0.5) is 0 Å². The smallest absolute Gasteiger partial charge is 0.225 e. The Bertz CT molecular complexity index is 509. The monoisotopic (exact) mass is 321 g/mol. The van der Waals surface area contributed by atoms with Crippen LogP contribution in [-0.4, -0.2) is 23.9 Å². The maximum atomic E-state index is 12.4. The van der Waals surface area contributed by atoms with E-state index in [4.69, 9.17) is 11.6 Å². The van der Waals surface area contributed by atoms with Gasteiger partial charge in [0.1, 0.15) is 0 Å². The highest BCUT2D eigenvalue weighted by Crippen LogP contribution is 2.40. The Morgan fingerprint density at radius 1 is 1.23 bits per heavy atom. The summed E-state index contributed by atoms with van der Waals surface area (Å²) in [6, 6.07) is 8.17. The van der Waals surface area contributed by atoms with Crippen molar-refractivity contribution in [3.8, 4) is 0 Å². The number of halogens is 1. The highest BCUT2D eigenvalue weighted by Gasteiger charge is 2.39. The van der Waals surface area contributed by atoms with Crippen LogP contribution in [0.1, 0.15) is 46.1 Å². The standard InChI is InChI=1S/C19H28ClNO/c1-14(2)18(22)21-11-5-10-19(13-21,15(3)4)12-16-6-8-17(20)9-7-16/h6-9,14-15H,5,10-13H2,1-4H3/t19-/m0/s1. The van der Waals surface area contributed by atoms with Gasteiger partial charge in [-0.1, -0.05) is 51.4 Å². The van der Waals surface area contributed by atoms with Crippen LogP contribution in [-0.2, 0) is 11.2 Å². The Morgan fingerprint density at radius 2 is 1.86 bits per heavy atom.